The highest BCUT2D eigenvalue weighted by molar-refractivity contribution is 5.86. The standard InChI is InChI=1S/C17H29N3O4/c1-11-13(8-7-12(10-18)23-11)19-15(21)14-6-5-9-20(14)16(22)24-17(2,3)4/h7,11,13-14H,5-6,8-10,18H2,1-4H3,(H,19,21)/t11-,13-,14?/m1/s1. The highest BCUT2D eigenvalue weighted by Crippen LogP contribution is 2.22. The number of amides is 2. The molecule has 2 heterocycles. The minimum Gasteiger partial charge on any atom is -0.492 e. The number of carbonyl (C=O) groups excluding carboxylic acids is 2. The molecule has 2 aliphatic rings. The van der Waals surface area contributed by atoms with Crippen molar-refractivity contribution < 1.29 is 19.1 Å². The van der Waals surface area contributed by atoms with Crippen LogP contribution in [0, 0.1) is 0 Å². The van der Waals surface area contributed by atoms with E-state index in [4.69, 9.17) is 15.2 Å². The van der Waals surface area contributed by atoms with Gasteiger partial charge in [0, 0.05) is 6.54 Å². The van der Waals surface area contributed by atoms with Gasteiger partial charge in [-0.15, -0.1) is 0 Å². The maximum Gasteiger partial charge on any atom is 0.410 e. The molecule has 1 saturated heterocycles. The molecule has 1 unspecified atom stereocenters. The van der Waals surface area contributed by atoms with Crippen LogP contribution in [0.4, 0.5) is 4.79 Å². The number of nitrogens with two attached hydrogens (primary N) is 1. The summed E-state index contributed by atoms with van der Waals surface area (Å²) in [5.41, 5.74) is 5.00. The SMILES string of the molecule is C[C@H]1OC(CN)=CC[C@H]1NC(=O)C1CCCN1C(=O)OC(C)(C)C. The van der Waals surface area contributed by atoms with Crippen LogP contribution in [0.25, 0.3) is 0 Å². The molecule has 0 radical (unpaired) electrons. The first-order valence-corrected chi connectivity index (χ1v) is 8.57. The van der Waals surface area contributed by atoms with Gasteiger partial charge in [0.25, 0.3) is 0 Å². The minimum absolute atomic E-state index is 0.117. The van der Waals surface area contributed by atoms with Gasteiger partial charge in [-0.3, -0.25) is 9.69 Å². The fourth-order valence-electron chi connectivity index (χ4n) is 2.98. The Labute approximate surface area is 143 Å². The molecule has 0 aromatic rings. The van der Waals surface area contributed by atoms with Gasteiger partial charge in [0.05, 0.1) is 12.6 Å². The van der Waals surface area contributed by atoms with E-state index in [-0.39, 0.29) is 18.1 Å². The van der Waals surface area contributed by atoms with E-state index in [2.05, 4.69) is 5.32 Å². The fourth-order valence-corrected chi connectivity index (χ4v) is 2.98. The lowest BCUT2D eigenvalue weighted by atomic mass is 10.0. The van der Waals surface area contributed by atoms with Crippen molar-refractivity contribution in [2.75, 3.05) is 13.1 Å². The van der Waals surface area contributed by atoms with Crippen LogP contribution in [0.2, 0.25) is 0 Å². The van der Waals surface area contributed by atoms with Gasteiger partial charge in [-0.2, -0.15) is 0 Å². The number of nitrogens with one attached hydrogen (secondary N) is 1. The zero-order valence-corrected chi connectivity index (χ0v) is 15.0. The molecule has 136 valence electrons. The third-order valence-corrected chi connectivity index (χ3v) is 4.22. The number of hydrogen-bond acceptors (Lipinski definition) is 5. The van der Waals surface area contributed by atoms with Crippen molar-refractivity contribution in [3.8, 4) is 0 Å². The summed E-state index contributed by atoms with van der Waals surface area (Å²) >= 11 is 0. The third-order valence-electron chi connectivity index (χ3n) is 4.22. The Balaban J connectivity index is 1.96. The smallest absolute Gasteiger partial charge is 0.410 e. The summed E-state index contributed by atoms with van der Waals surface area (Å²) in [5, 5.41) is 3.00. The third kappa shape index (κ3) is 4.63. The highest BCUT2D eigenvalue weighted by Gasteiger charge is 2.38. The largest absolute Gasteiger partial charge is 0.492 e. The average molecular weight is 339 g/mol. The van der Waals surface area contributed by atoms with E-state index in [1.807, 2.05) is 33.8 Å². The van der Waals surface area contributed by atoms with Crippen LogP contribution in [0.5, 0.6) is 0 Å². The van der Waals surface area contributed by atoms with E-state index in [0.717, 1.165) is 12.2 Å². The summed E-state index contributed by atoms with van der Waals surface area (Å²) in [6, 6.07) is -0.596. The lowest BCUT2D eigenvalue weighted by Crippen LogP contribution is -2.53. The van der Waals surface area contributed by atoms with Crippen molar-refractivity contribution in [3.05, 3.63) is 11.8 Å². The quantitative estimate of drug-likeness (QED) is 0.813. The second kappa shape index (κ2) is 7.42. The van der Waals surface area contributed by atoms with Gasteiger partial charge in [0.2, 0.25) is 5.91 Å². The fraction of sp³-hybridized carbons (Fsp3) is 0.765. The van der Waals surface area contributed by atoms with E-state index in [1.165, 1.54) is 4.90 Å². The molecule has 7 nitrogen and oxygen atoms in total. The van der Waals surface area contributed by atoms with E-state index in [0.29, 0.717) is 25.9 Å². The summed E-state index contributed by atoms with van der Waals surface area (Å²) in [6.45, 7) is 8.27. The molecule has 3 atom stereocenters. The maximum atomic E-state index is 12.6. The number of nitrogens with zero attached hydrogens (tertiary/aromatic N) is 1. The first kappa shape index (κ1) is 18.6. The number of carbonyl (C=O) groups is 2. The summed E-state index contributed by atoms with van der Waals surface area (Å²) < 4.78 is 11.1. The van der Waals surface area contributed by atoms with Crippen LogP contribution < -0.4 is 11.1 Å². The Bertz CT molecular complexity index is 512. The minimum atomic E-state index is -0.574. The zero-order valence-electron chi connectivity index (χ0n) is 15.0. The number of ether oxygens (including phenoxy) is 2. The van der Waals surface area contributed by atoms with Crippen LogP contribution in [0.3, 0.4) is 0 Å². The second-order valence-corrected chi connectivity index (χ2v) is 7.38. The van der Waals surface area contributed by atoms with Gasteiger partial charge < -0.3 is 20.5 Å². The Morgan fingerprint density at radius 3 is 2.75 bits per heavy atom. The van der Waals surface area contributed by atoms with Crippen molar-refractivity contribution in [2.24, 2.45) is 5.73 Å². The first-order chi connectivity index (χ1) is 11.2. The van der Waals surface area contributed by atoms with E-state index >= 15 is 0 Å². The van der Waals surface area contributed by atoms with Gasteiger partial charge in [-0.1, -0.05) is 0 Å². The summed E-state index contributed by atoms with van der Waals surface area (Å²) in [7, 11) is 0. The second-order valence-electron chi connectivity index (χ2n) is 7.38. The van der Waals surface area contributed by atoms with Crippen LogP contribution in [-0.4, -0.2) is 53.8 Å². The predicted molar refractivity (Wildman–Crippen MR) is 90.2 cm³/mol. The van der Waals surface area contributed by atoms with Crippen molar-refractivity contribution in [3.63, 3.8) is 0 Å². The Hall–Kier alpha value is -1.76. The monoisotopic (exact) mass is 339 g/mol. The summed E-state index contributed by atoms with van der Waals surface area (Å²) in [4.78, 5) is 26.4. The molecule has 2 amide bonds. The topological polar surface area (TPSA) is 93.9 Å². The molecule has 3 N–H and O–H groups in total. The molecule has 7 heteroatoms. The number of hydrogen-bond donors (Lipinski definition) is 2. The van der Waals surface area contributed by atoms with Gasteiger partial charge in [0.15, 0.2) is 0 Å². The van der Waals surface area contributed by atoms with Gasteiger partial charge >= 0.3 is 6.09 Å². The zero-order chi connectivity index (χ0) is 17.9. The van der Waals surface area contributed by atoms with Gasteiger partial charge in [-0.25, -0.2) is 4.79 Å². The van der Waals surface area contributed by atoms with E-state index in [1.54, 1.807) is 0 Å². The summed E-state index contributed by atoms with van der Waals surface area (Å²) in [6.07, 6.45) is 3.46. The van der Waals surface area contributed by atoms with Crippen LogP contribution in [0.15, 0.2) is 11.8 Å². The molecule has 24 heavy (non-hydrogen) atoms. The normalized spacial score (nSPS) is 27.3. The van der Waals surface area contributed by atoms with Crippen LogP contribution in [0.1, 0.15) is 47.0 Å². The molecule has 0 aromatic carbocycles. The molecule has 1 fully saturated rings. The van der Waals surface area contributed by atoms with Crippen LogP contribution >= 0.6 is 0 Å². The Kier molecular flexibility index (Phi) is 5.74. The predicted octanol–water partition coefficient (Wildman–Crippen LogP) is 1.52. The molecule has 0 saturated carbocycles. The average Bonchev–Trinajstić information content (AvgIpc) is 2.97. The van der Waals surface area contributed by atoms with Crippen LogP contribution in [-0.2, 0) is 14.3 Å². The lowest BCUT2D eigenvalue weighted by molar-refractivity contribution is -0.127. The maximum absolute atomic E-state index is 12.6. The summed E-state index contributed by atoms with van der Waals surface area (Å²) in [5.74, 6) is 0.604. The van der Waals surface area contributed by atoms with Gasteiger partial charge in [0.1, 0.15) is 23.5 Å². The Morgan fingerprint density at radius 1 is 1.46 bits per heavy atom. The molecule has 2 rings (SSSR count). The molecule has 0 aliphatic carbocycles. The van der Waals surface area contributed by atoms with Crippen molar-refractivity contribution in [1.29, 1.82) is 0 Å². The number of likely N-dealkylation sites (tertiary alicyclic amines) is 1. The molecular formula is C17H29N3O4. The molecule has 0 bridgehead atoms. The molecule has 0 spiro atoms. The van der Waals surface area contributed by atoms with Gasteiger partial charge in [-0.05, 0) is 53.0 Å². The molecule has 2 aliphatic heterocycles. The number of rotatable bonds is 3. The van der Waals surface area contributed by atoms with Crippen molar-refractivity contribution >= 4 is 12.0 Å². The van der Waals surface area contributed by atoms with Crippen molar-refractivity contribution in [1.82, 2.24) is 10.2 Å². The molecular weight excluding hydrogens is 310 g/mol. The molecule has 0 aromatic heterocycles. The van der Waals surface area contributed by atoms with E-state index < -0.39 is 17.7 Å². The Morgan fingerprint density at radius 2 is 2.17 bits per heavy atom. The lowest BCUT2D eigenvalue weighted by Gasteiger charge is -2.32. The highest BCUT2D eigenvalue weighted by atomic mass is 16.6. The first-order valence-electron chi connectivity index (χ1n) is 8.57. The van der Waals surface area contributed by atoms with Crippen molar-refractivity contribution in [2.45, 2.75) is 70.7 Å². The van der Waals surface area contributed by atoms with E-state index in [9.17, 15) is 9.59 Å².